The van der Waals surface area contributed by atoms with Crippen LogP contribution in [0.25, 0.3) is 0 Å². The molecule has 5 nitrogen and oxygen atoms in total. The van der Waals surface area contributed by atoms with E-state index in [0.717, 1.165) is 21.8 Å². The summed E-state index contributed by atoms with van der Waals surface area (Å²) >= 11 is 1.56. The predicted octanol–water partition coefficient (Wildman–Crippen LogP) is 5.82. The van der Waals surface area contributed by atoms with E-state index in [4.69, 9.17) is 0 Å². The number of nitrogens with one attached hydrogen (secondary N) is 3. The summed E-state index contributed by atoms with van der Waals surface area (Å²) in [5.41, 5.74) is 4.13. The number of amides is 2. The lowest BCUT2D eigenvalue weighted by Gasteiger charge is -2.19. The molecule has 0 spiro atoms. The molecule has 0 bridgehead atoms. The lowest BCUT2D eigenvalue weighted by molar-refractivity contribution is 0.251. The molecular formula is C23H26N4OS. The van der Waals surface area contributed by atoms with Crippen LogP contribution in [0.1, 0.15) is 31.9 Å². The first-order valence-electron chi connectivity index (χ1n) is 9.47. The van der Waals surface area contributed by atoms with Crippen LogP contribution in [0.5, 0.6) is 0 Å². The number of anilines is 2. The molecule has 2 amide bonds. The van der Waals surface area contributed by atoms with Crippen molar-refractivity contribution in [2.45, 2.75) is 37.6 Å². The monoisotopic (exact) mass is 406 g/mol. The van der Waals surface area contributed by atoms with Crippen LogP contribution in [-0.4, -0.2) is 11.0 Å². The zero-order valence-corrected chi connectivity index (χ0v) is 17.7. The van der Waals surface area contributed by atoms with Crippen molar-refractivity contribution in [3.8, 4) is 0 Å². The average Bonchev–Trinajstić information content (AvgIpc) is 2.72. The third-order valence-corrected chi connectivity index (χ3v) is 5.17. The number of hydrogen-bond donors (Lipinski definition) is 3. The minimum absolute atomic E-state index is 0.156. The number of pyridine rings is 1. The summed E-state index contributed by atoms with van der Waals surface area (Å²) in [7, 11) is 0. The second kappa shape index (κ2) is 9.47. The normalized spacial score (nSPS) is 11.0. The molecule has 6 heteroatoms. The molecule has 1 heterocycles. The van der Waals surface area contributed by atoms with Gasteiger partial charge in [-0.1, -0.05) is 39.0 Å². The molecule has 0 aliphatic rings. The van der Waals surface area contributed by atoms with Crippen molar-refractivity contribution in [1.82, 2.24) is 10.3 Å². The van der Waals surface area contributed by atoms with Gasteiger partial charge >= 0.3 is 6.03 Å². The van der Waals surface area contributed by atoms with Crippen LogP contribution < -0.4 is 15.4 Å². The summed E-state index contributed by atoms with van der Waals surface area (Å²) in [6, 6.07) is 19.7. The topological polar surface area (TPSA) is 66.0 Å². The molecule has 0 fully saturated rings. The molecule has 150 valence electrons. The molecule has 3 rings (SSSR count). The van der Waals surface area contributed by atoms with Crippen LogP contribution in [0.15, 0.2) is 78.0 Å². The highest BCUT2D eigenvalue weighted by atomic mass is 32.2. The van der Waals surface area contributed by atoms with Crippen LogP contribution in [-0.2, 0) is 12.0 Å². The summed E-state index contributed by atoms with van der Waals surface area (Å²) in [4.78, 5) is 17.2. The minimum atomic E-state index is -0.247. The fourth-order valence-corrected chi connectivity index (χ4v) is 3.27. The number of urea groups is 1. The maximum absolute atomic E-state index is 12.0. The van der Waals surface area contributed by atoms with Gasteiger partial charge in [0.05, 0.1) is 0 Å². The second-order valence-electron chi connectivity index (χ2n) is 7.72. The summed E-state index contributed by atoms with van der Waals surface area (Å²) in [5.74, 6) is 0. The molecule has 0 aliphatic heterocycles. The molecule has 0 aliphatic carbocycles. The molecule has 3 N–H and O–H groups in total. The van der Waals surface area contributed by atoms with E-state index in [9.17, 15) is 4.79 Å². The third-order valence-electron chi connectivity index (χ3n) is 4.33. The fourth-order valence-electron chi connectivity index (χ4n) is 2.62. The van der Waals surface area contributed by atoms with Gasteiger partial charge in [-0.3, -0.25) is 4.98 Å². The van der Waals surface area contributed by atoms with Gasteiger partial charge < -0.3 is 15.4 Å². The molecule has 0 unspecified atom stereocenters. The van der Waals surface area contributed by atoms with Gasteiger partial charge in [-0.2, -0.15) is 0 Å². The standard InChI is InChI=1S/C23H26N4OS/c1-23(2,3)18-6-12-21(13-7-18)29-27-20-10-8-19(9-11-20)26-22(28)25-16-17-5-4-14-24-15-17/h4-15,27H,16H2,1-3H3,(H2,25,26,28). The van der Waals surface area contributed by atoms with Crippen molar-refractivity contribution in [3.63, 3.8) is 0 Å². The van der Waals surface area contributed by atoms with Crippen LogP contribution >= 0.6 is 11.9 Å². The van der Waals surface area contributed by atoms with Gasteiger partial charge in [-0.15, -0.1) is 0 Å². The average molecular weight is 407 g/mol. The Morgan fingerprint density at radius 3 is 2.28 bits per heavy atom. The highest BCUT2D eigenvalue weighted by molar-refractivity contribution is 8.00. The summed E-state index contributed by atoms with van der Waals surface area (Å²) in [5, 5.41) is 5.64. The second-order valence-corrected chi connectivity index (χ2v) is 8.60. The Morgan fingerprint density at radius 2 is 1.66 bits per heavy atom. The van der Waals surface area contributed by atoms with Gasteiger partial charge in [0.2, 0.25) is 0 Å². The summed E-state index contributed by atoms with van der Waals surface area (Å²) in [6.07, 6.45) is 3.44. The fraction of sp³-hybridized carbons (Fsp3) is 0.217. The molecule has 3 aromatic rings. The zero-order chi connectivity index (χ0) is 20.7. The maximum atomic E-state index is 12.0. The molecule has 1 aromatic heterocycles. The first kappa shape index (κ1) is 20.7. The quantitative estimate of drug-likeness (QED) is 0.451. The van der Waals surface area contributed by atoms with Crippen molar-refractivity contribution < 1.29 is 4.79 Å². The molecule has 2 aromatic carbocycles. The Morgan fingerprint density at radius 1 is 0.966 bits per heavy atom. The number of rotatable bonds is 6. The number of hydrogen-bond acceptors (Lipinski definition) is 4. The smallest absolute Gasteiger partial charge is 0.319 e. The summed E-state index contributed by atoms with van der Waals surface area (Å²) < 4.78 is 3.33. The number of nitrogens with zero attached hydrogens (tertiary/aromatic N) is 1. The van der Waals surface area contributed by atoms with Crippen molar-refractivity contribution in [3.05, 3.63) is 84.2 Å². The van der Waals surface area contributed by atoms with Gasteiger partial charge in [-0.05, 0) is 71.0 Å². The maximum Gasteiger partial charge on any atom is 0.319 e. The Hall–Kier alpha value is -2.99. The lowest BCUT2D eigenvalue weighted by atomic mass is 9.87. The van der Waals surface area contributed by atoms with Crippen LogP contribution in [0.4, 0.5) is 16.2 Å². The van der Waals surface area contributed by atoms with Gasteiger partial charge in [0.1, 0.15) is 0 Å². The van der Waals surface area contributed by atoms with Crippen molar-refractivity contribution >= 4 is 29.4 Å². The number of benzene rings is 2. The first-order chi connectivity index (χ1) is 13.9. The van der Waals surface area contributed by atoms with Crippen LogP contribution in [0, 0.1) is 0 Å². The number of carbonyl (C=O) groups excluding carboxylic acids is 1. The first-order valence-corrected chi connectivity index (χ1v) is 10.3. The predicted molar refractivity (Wildman–Crippen MR) is 121 cm³/mol. The summed E-state index contributed by atoms with van der Waals surface area (Å²) in [6.45, 7) is 7.07. The SMILES string of the molecule is CC(C)(C)c1ccc(SNc2ccc(NC(=O)NCc3cccnc3)cc2)cc1. The van der Waals surface area contributed by atoms with Crippen LogP contribution in [0.2, 0.25) is 0 Å². The van der Waals surface area contributed by atoms with E-state index in [0.29, 0.717) is 6.54 Å². The van der Waals surface area contributed by atoms with E-state index in [2.05, 4.69) is 65.4 Å². The van der Waals surface area contributed by atoms with Gasteiger partial charge in [-0.25, -0.2) is 4.79 Å². The molecular weight excluding hydrogens is 380 g/mol. The zero-order valence-electron chi connectivity index (χ0n) is 16.9. The third kappa shape index (κ3) is 6.54. The Labute approximate surface area is 176 Å². The van der Waals surface area contributed by atoms with Gasteiger partial charge in [0.15, 0.2) is 0 Å². The van der Waals surface area contributed by atoms with E-state index >= 15 is 0 Å². The molecule has 0 atom stereocenters. The molecule has 29 heavy (non-hydrogen) atoms. The van der Waals surface area contributed by atoms with E-state index in [1.165, 1.54) is 5.56 Å². The highest BCUT2D eigenvalue weighted by Crippen LogP contribution is 2.26. The number of aromatic nitrogens is 1. The Kier molecular flexibility index (Phi) is 6.77. The molecule has 0 saturated heterocycles. The van der Waals surface area contributed by atoms with E-state index in [1.807, 2.05) is 36.4 Å². The number of carbonyl (C=O) groups is 1. The Balaban J connectivity index is 1.46. The van der Waals surface area contributed by atoms with Crippen LogP contribution in [0.3, 0.4) is 0 Å². The van der Waals surface area contributed by atoms with Gasteiger partial charge in [0, 0.05) is 35.2 Å². The van der Waals surface area contributed by atoms with E-state index in [-0.39, 0.29) is 11.4 Å². The highest BCUT2D eigenvalue weighted by Gasteiger charge is 2.12. The van der Waals surface area contributed by atoms with Crippen molar-refractivity contribution in [2.75, 3.05) is 10.0 Å². The van der Waals surface area contributed by atoms with E-state index < -0.39 is 0 Å². The molecule has 0 saturated carbocycles. The van der Waals surface area contributed by atoms with Gasteiger partial charge in [0.25, 0.3) is 0 Å². The lowest BCUT2D eigenvalue weighted by Crippen LogP contribution is -2.28. The van der Waals surface area contributed by atoms with E-state index in [1.54, 1.807) is 24.3 Å². The largest absolute Gasteiger partial charge is 0.334 e. The van der Waals surface area contributed by atoms with Crippen molar-refractivity contribution in [2.24, 2.45) is 0 Å². The minimum Gasteiger partial charge on any atom is -0.334 e. The Bertz CT molecular complexity index is 920. The van der Waals surface area contributed by atoms with Crippen molar-refractivity contribution in [1.29, 1.82) is 0 Å². The molecule has 0 radical (unpaired) electrons.